The van der Waals surface area contributed by atoms with Crippen LogP contribution in [0.3, 0.4) is 0 Å². The van der Waals surface area contributed by atoms with Gasteiger partial charge in [-0.1, -0.05) is 29.8 Å². The lowest BCUT2D eigenvalue weighted by Crippen LogP contribution is -2.47. The molecule has 9 heteroatoms. The lowest BCUT2D eigenvalue weighted by Gasteiger charge is -2.32. The summed E-state index contributed by atoms with van der Waals surface area (Å²) in [6.07, 6.45) is 3.54. The number of benzene rings is 1. The normalized spacial score (nSPS) is 15.0. The van der Waals surface area contributed by atoms with Gasteiger partial charge in [-0.15, -0.1) is 0 Å². The number of amides is 1. The zero-order chi connectivity index (χ0) is 24.2. The van der Waals surface area contributed by atoms with E-state index in [2.05, 4.69) is 19.7 Å². The van der Waals surface area contributed by atoms with E-state index in [0.29, 0.717) is 48.6 Å². The van der Waals surface area contributed by atoms with Crippen LogP contribution < -0.4 is 5.73 Å². The van der Waals surface area contributed by atoms with Crippen molar-refractivity contribution in [2.24, 2.45) is 0 Å². The molecule has 1 fully saturated rings. The fourth-order valence-corrected chi connectivity index (χ4v) is 4.27. The lowest BCUT2D eigenvalue weighted by atomic mass is 10.0. The lowest BCUT2D eigenvalue weighted by molar-refractivity contribution is -0.128. The van der Waals surface area contributed by atoms with Crippen LogP contribution in [0.25, 0.3) is 33.1 Å². The Hall–Kier alpha value is -3.74. The number of anilines is 1. The molecule has 0 radical (unpaired) electrons. The van der Waals surface area contributed by atoms with E-state index in [-0.39, 0.29) is 18.2 Å². The minimum Gasteiger partial charge on any atom is -0.396 e. The largest absolute Gasteiger partial charge is 0.396 e. The van der Waals surface area contributed by atoms with Gasteiger partial charge in [0.2, 0.25) is 0 Å². The number of hydrogen-bond acceptors (Lipinski definition) is 6. The van der Waals surface area contributed by atoms with Gasteiger partial charge >= 0.3 is 0 Å². The molecule has 176 valence electrons. The van der Waals surface area contributed by atoms with Gasteiger partial charge in [0.25, 0.3) is 11.6 Å². The molecular formula is C25H29N7O2. The maximum atomic E-state index is 13.3. The second-order valence-electron chi connectivity index (χ2n) is 8.55. The van der Waals surface area contributed by atoms with Crippen molar-refractivity contribution in [3.05, 3.63) is 59.0 Å². The Kier molecular flexibility index (Phi) is 6.91. The molecule has 0 unspecified atom stereocenters. The van der Waals surface area contributed by atoms with Crippen molar-refractivity contribution in [3.8, 4) is 11.1 Å². The molecule has 1 aliphatic rings. The van der Waals surface area contributed by atoms with E-state index in [1.165, 1.54) is 6.33 Å². The highest BCUT2D eigenvalue weighted by atomic mass is 16.3. The summed E-state index contributed by atoms with van der Waals surface area (Å²) in [6, 6.07) is 7.99. The van der Waals surface area contributed by atoms with E-state index in [0.717, 1.165) is 29.8 Å². The van der Waals surface area contributed by atoms with E-state index in [1.807, 2.05) is 42.8 Å². The molecule has 3 N–H and O–H groups in total. The van der Waals surface area contributed by atoms with Crippen molar-refractivity contribution >= 4 is 28.8 Å². The number of nitrogens with zero attached hydrogens (tertiary/aromatic N) is 6. The number of aliphatic hydroxyl groups is 1. The van der Waals surface area contributed by atoms with Crippen LogP contribution in [0.15, 0.2) is 36.3 Å². The molecule has 0 spiro atoms. The molecule has 0 aliphatic carbocycles. The standard InChI is InChI=1S/C25H29N7O2/c1-17-5-7-18(8-6-17)21-20(15-19(27-2)25(34)31-12-10-30(3)11-13-31)32(9-4-14-33)24-22(21)23(26)28-16-29-24/h5-8,15-16,33H,4,9-14H2,1,3H3,(H2,26,28,29)/b19-15-. The van der Waals surface area contributed by atoms with Gasteiger partial charge in [-0.05, 0) is 32.0 Å². The van der Waals surface area contributed by atoms with Gasteiger partial charge in [0.05, 0.1) is 12.0 Å². The van der Waals surface area contributed by atoms with Crippen LogP contribution in [0, 0.1) is 13.5 Å². The van der Waals surface area contributed by atoms with Crippen molar-refractivity contribution < 1.29 is 9.90 Å². The fraction of sp³-hybridized carbons (Fsp3) is 0.360. The van der Waals surface area contributed by atoms with E-state index in [9.17, 15) is 9.90 Å². The van der Waals surface area contributed by atoms with Crippen LogP contribution in [0.2, 0.25) is 0 Å². The van der Waals surface area contributed by atoms with Crippen LogP contribution in [0.4, 0.5) is 5.82 Å². The summed E-state index contributed by atoms with van der Waals surface area (Å²) in [5.74, 6) is 0.0451. The molecule has 1 saturated heterocycles. The molecule has 3 aromatic rings. The first-order valence-electron chi connectivity index (χ1n) is 11.3. The number of aryl methyl sites for hydroxylation is 2. The minimum absolute atomic E-state index is 0.000832. The Morgan fingerprint density at radius 2 is 1.91 bits per heavy atom. The zero-order valence-corrected chi connectivity index (χ0v) is 19.5. The quantitative estimate of drug-likeness (QED) is 0.433. The molecular weight excluding hydrogens is 430 g/mol. The van der Waals surface area contributed by atoms with Crippen molar-refractivity contribution in [1.82, 2.24) is 24.3 Å². The van der Waals surface area contributed by atoms with Crippen LogP contribution in [-0.4, -0.2) is 75.2 Å². The molecule has 3 heterocycles. The van der Waals surface area contributed by atoms with E-state index >= 15 is 0 Å². The van der Waals surface area contributed by atoms with Gasteiger partial charge in [0.15, 0.2) is 0 Å². The molecule has 1 amide bonds. The number of aliphatic hydroxyl groups excluding tert-OH is 1. The third-order valence-electron chi connectivity index (χ3n) is 6.19. The molecule has 0 saturated carbocycles. The molecule has 0 atom stereocenters. The number of piperazine rings is 1. The summed E-state index contributed by atoms with van der Waals surface area (Å²) in [7, 11) is 2.02. The van der Waals surface area contributed by atoms with Gasteiger partial charge in [-0.2, -0.15) is 0 Å². The number of nitrogens with two attached hydrogens (primary N) is 1. The summed E-state index contributed by atoms with van der Waals surface area (Å²) < 4.78 is 1.92. The van der Waals surface area contributed by atoms with Crippen LogP contribution in [-0.2, 0) is 11.3 Å². The van der Waals surface area contributed by atoms with Crippen LogP contribution in [0.5, 0.6) is 0 Å². The second kappa shape index (κ2) is 10.0. The predicted molar refractivity (Wildman–Crippen MR) is 132 cm³/mol. The fourth-order valence-electron chi connectivity index (χ4n) is 4.27. The van der Waals surface area contributed by atoms with Gasteiger partial charge in [0, 0.05) is 50.6 Å². The Labute approximate surface area is 198 Å². The Morgan fingerprint density at radius 3 is 2.56 bits per heavy atom. The first-order valence-corrected chi connectivity index (χ1v) is 11.3. The SMILES string of the molecule is [C-]#[N+]/C(=C\c1c(-c2ccc(C)cc2)c2c(N)ncnc2n1CCCO)C(=O)N1CCN(C)CC1. The van der Waals surface area contributed by atoms with E-state index < -0.39 is 0 Å². The monoisotopic (exact) mass is 459 g/mol. The molecule has 4 rings (SSSR count). The summed E-state index contributed by atoms with van der Waals surface area (Å²) >= 11 is 0. The van der Waals surface area contributed by atoms with Gasteiger partial charge in [0.1, 0.15) is 17.8 Å². The van der Waals surface area contributed by atoms with Crippen molar-refractivity contribution in [1.29, 1.82) is 0 Å². The average molecular weight is 460 g/mol. The van der Waals surface area contributed by atoms with Crippen molar-refractivity contribution in [2.45, 2.75) is 19.9 Å². The summed E-state index contributed by atoms with van der Waals surface area (Å²) in [5.41, 5.74) is 10.4. The maximum absolute atomic E-state index is 13.3. The van der Waals surface area contributed by atoms with Crippen LogP contribution >= 0.6 is 0 Å². The highest BCUT2D eigenvalue weighted by Gasteiger charge is 2.26. The van der Waals surface area contributed by atoms with E-state index in [1.54, 1.807) is 11.0 Å². The first kappa shape index (κ1) is 23.4. The number of carbonyl (C=O) groups excluding carboxylic acids is 1. The van der Waals surface area contributed by atoms with Crippen LogP contribution in [0.1, 0.15) is 17.7 Å². The molecule has 9 nitrogen and oxygen atoms in total. The number of likely N-dealkylation sites (N-methyl/N-ethyl adjacent to an activating group) is 1. The molecule has 1 aromatic carbocycles. The number of rotatable bonds is 6. The van der Waals surface area contributed by atoms with Crippen molar-refractivity contribution in [2.75, 3.05) is 45.6 Å². The highest BCUT2D eigenvalue weighted by molar-refractivity contribution is 6.07. The Balaban J connectivity index is 1.93. The van der Waals surface area contributed by atoms with Gasteiger partial charge < -0.3 is 25.2 Å². The summed E-state index contributed by atoms with van der Waals surface area (Å²) in [6.45, 7) is 13.0. The number of nitrogen functional groups attached to an aromatic ring is 1. The second-order valence-corrected chi connectivity index (χ2v) is 8.55. The zero-order valence-electron chi connectivity index (χ0n) is 19.5. The first-order chi connectivity index (χ1) is 16.4. The van der Waals surface area contributed by atoms with E-state index in [4.69, 9.17) is 12.3 Å². The Bertz CT molecular complexity index is 1260. The summed E-state index contributed by atoms with van der Waals surface area (Å²) in [5, 5.41) is 10.2. The third-order valence-corrected chi connectivity index (χ3v) is 6.19. The number of aromatic nitrogens is 3. The molecule has 34 heavy (non-hydrogen) atoms. The predicted octanol–water partition coefficient (Wildman–Crippen LogP) is 2.41. The summed E-state index contributed by atoms with van der Waals surface area (Å²) in [4.78, 5) is 29.5. The number of hydrogen-bond donors (Lipinski definition) is 2. The van der Waals surface area contributed by atoms with Crippen molar-refractivity contribution in [3.63, 3.8) is 0 Å². The smallest absolute Gasteiger partial charge is 0.253 e. The maximum Gasteiger partial charge on any atom is 0.253 e. The highest BCUT2D eigenvalue weighted by Crippen LogP contribution is 2.38. The topological polar surface area (TPSA) is 105 Å². The average Bonchev–Trinajstić information content (AvgIpc) is 3.15. The van der Waals surface area contributed by atoms with Gasteiger partial charge in [-0.3, -0.25) is 4.79 Å². The molecule has 1 aliphatic heterocycles. The molecule has 0 bridgehead atoms. The van der Waals surface area contributed by atoms with Gasteiger partial charge in [-0.25, -0.2) is 14.8 Å². The third kappa shape index (κ3) is 4.51. The number of fused-ring (bicyclic) bond motifs is 1. The number of carbonyl (C=O) groups is 1. The molecule has 2 aromatic heterocycles. The minimum atomic E-state index is -0.282. The Morgan fingerprint density at radius 1 is 1.21 bits per heavy atom.